The maximum atomic E-state index is 11.2. The lowest BCUT2D eigenvalue weighted by molar-refractivity contribution is 0.0697. The SMILES string of the molecule is CC(C)N(c1ccc(C(=O)O)cc1)c1nc(-c2nc3ccc(OCc4ccc(Cl)c(Cl)c4)cc3o2)cs1. The first kappa shape index (κ1) is 25.1. The van der Waals surface area contributed by atoms with Gasteiger partial charge in [-0.1, -0.05) is 29.3 Å². The van der Waals surface area contributed by atoms with Crippen molar-refractivity contribution in [3.05, 3.63) is 87.2 Å². The Morgan fingerprint density at radius 3 is 2.54 bits per heavy atom. The maximum absolute atomic E-state index is 11.2. The predicted octanol–water partition coefficient (Wildman–Crippen LogP) is 8.08. The molecule has 0 spiro atoms. The Morgan fingerprint density at radius 2 is 1.84 bits per heavy atom. The summed E-state index contributed by atoms with van der Waals surface area (Å²) in [4.78, 5) is 22.6. The van der Waals surface area contributed by atoms with Gasteiger partial charge >= 0.3 is 5.97 Å². The van der Waals surface area contributed by atoms with Crippen LogP contribution in [-0.2, 0) is 6.61 Å². The normalized spacial score (nSPS) is 11.3. The Balaban J connectivity index is 1.36. The number of fused-ring (bicyclic) bond motifs is 1. The van der Waals surface area contributed by atoms with E-state index in [0.717, 1.165) is 16.4 Å². The van der Waals surface area contributed by atoms with Gasteiger partial charge in [-0.25, -0.2) is 14.8 Å². The number of benzene rings is 3. The standard InChI is InChI=1S/C27H21Cl2N3O4S/c1-15(2)32(18-6-4-17(5-7-18)26(33)34)27-31-23(14-37-27)25-30-22-10-8-19(12-24(22)36-25)35-13-16-3-9-20(28)21(29)11-16/h3-12,14-15H,13H2,1-2H3,(H,33,34). The Hall–Kier alpha value is -3.59. The number of carbonyl (C=O) groups is 1. The highest BCUT2D eigenvalue weighted by Crippen LogP contribution is 2.35. The van der Waals surface area contributed by atoms with Crippen molar-refractivity contribution in [2.45, 2.75) is 26.5 Å². The molecular formula is C27H21Cl2N3O4S. The fraction of sp³-hybridized carbons (Fsp3) is 0.148. The number of ether oxygens (including phenoxy) is 1. The summed E-state index contributed by atoms with van der Waals surface area (Å²) >= 11 is 13.5. The molecule has 0 atom stereocenters. The third-order valence-electron chi connectivity index (χ3n) is 5.58. The van der Waals surface area contributed by atoms with Crippen molar-refractivity contribution in [2.24, 2.45) is 0 Å². The third kappa shape index (κ3) is 5.41. The first-order valence-corrected chi connectivity index (χ1v) is 13.0. The third-order valence-corrected chi connectivity index (χ3v) is 7.15. The zero-order valence-electron chi connectivity index (χ0n) is 19.8. The zero-order valence-corrected chi connectivity index (χ0v) is 22.1. The van der Waals surface area contributed by atoms with Crippen molar-refractivity contribution in [3.8, 4) is 17.3 Å². The molecule has 7 nitrogen and oxygen atoms in total. The van der Waals surface area contributed by atoms with Crippen LogP contribution in [0.2, 0.25) is 10.0 Å². The van der Waals surface area contributed by atoms with Crippen molar-refractivity contribution >= 4 is 62.4 Å². The van der Waals surface area contributed by atoms with Gasteiger partial charge in [-0.15, -0.1) is 11.3 Å². The Bertz CT molecular complexity index is 1580. The molecule has 1 N–H and O–H groups in total. The molecule has 5 aromatic rings. The van der Waals surface area contributed by atoms with E-state index in [1.165, 1.54) is 11.3 Å². The van der Waals surface area contributed by atoms with Crippen LogP contribution >= 0.6 is 34.5 Å². The molecule has 0 bridgehead atoms. The Morgan fingerprint density at radius 1 is 1.05 bits per heavy atom. The van der Waals surface area contributed by atoms with Gasteiger partial charge in [0, 0.05) is 23.2 Å². The number of oxazole rings is 1. The second-order valence-corrected chi connectivity index (χ2v) is 10.2. The number of thiazole rings is 1. The van der Waals surface area contributed by atoms with Crippen LogP contribution in [0.3, 0.4) is 0 Å². The summed E-state index contributed by atoms with van der Waals surface area (Å²) in [5.74, 6) is 0.0816. The number of hydrogen-bond acceptors (Lipinski definition) is 7. The topological polar surface area (TPSA) is 88.7 Å². The van der Waals surface area contributed by atoms with Crippen LogP contribution in [0.5, 0.6) is 5.75 Å². The summed E-state index contributed by atoms with van der Waals surface area (Å²) in [6, 6.07) is 17.7. The molecule has 0 radical (unpaired) electrons. The Labute approximate surface area is 226 Å². The minimum atomic E-state index is -0.960. The average Bonchev–Trinajstić information content (AvgIpc) is 3.52. The van der Waals surface area contributed by atoms with Crippen LogP contribution in [0, 0.1) is 0 Å². The molecule has 0 saturated heterocycles. The second kappa shape index (κ2) is 10.4. The van der Waals surface area contributed by atoms with Crippen LogP contribution in [0.15, 0.2) is 70.5 Å². The number of nitrogens with zero attached hydrogens (tertiary/aromatic N) is 3. The lowest BCUT2D eigenvalue weighted by Crippen LogP contribution is -2.25. The van der Waals surface area contributed by atoms with Crippen molar-refractivity contribution in [1.29, 1.82) is 0 Å². The number of aromatic carboxylic acids is 1. The summed E-state index contributed by atoms with van der Waals surface area (Å²) in [6.07, 6.45) is 0. The molecule has 0 amide bonds. The lowest BCUT2D eigenvalue weighted by Gasteiger charge is -2.26. The molecular weight excluding hydrogens is 533 g/mol. The molecule has 188 valence electrons. The van der Waals surface area contributed by atoms with Crippen LogP contribution in [0.1, 0.15) is 29.8 Å². The van der Waals surface area contributed by atoms with Gasteiger partial charge < -0.3 is 19.2 Å². The molecule has 37 heavy (non-hydrogen) atoms. The molecule has 0 aliphatic carbocycles. The highest BCUT2D eigenvalue weighted by atomic mass is 35.5. The van der Waals surface area contributed by atoms with Crippen molar-refractivity contribution in [1.82, 2.24) is 9.97 Å². The van der Waals surface area contributed by atoms with Crippen LogP contribution in [-0.4, -0.2) is 27.1 Å². The molecule has 0 aliphatic heterocycles. The Kier molecular flexibility index (Phi) is 7.06. The highest BCUT2D eigenvalue weighted by Gasteiger charge is 2.20. The van der Waals surface area contributed by atoms with Gasteiger partial charge in [0.15, 0.2) is 10.7 Å². The molecule has 0 fully saturated rings. The number of rotatable bonds is 8. The molecule has 0 saturated carbocycles. The summed E-state index contributed by atoms with van der Waals surface area (Å²) in [5, 5.41) is 12.8. The van der Waals surface area contributed by atoms with Crippen molar-refractivity contribution in [2.75, 3.05) is 4.90 Å². The molecule has 10 heteroatoms. The molecule has 2 aromatic heterocycles. The van der Waals surface area contributed by atoms with Gasteiger partial charge in [-0.2, -0.15) is 0 Å². The van der Waals surface area contributed by atoms with Crippen LogP contribution < -0.4 is 9.64 Å². The number of carboxylic acids is 1. The zero-order chi connectivity index (χ0) is 26.1. The minimum absolute atomic E-state index is 0.0912. The van der Waals surface area contributed by atoms with Gasteiger partial charge in [0.1, 0.15) is 23.6 Å². The van der Waals surface area contributed by atoms with E-state index in [4.69, 9.17) is 37.3 Å². The smallest absolute Gasteiger partial charge is 0.335 e. The van der Waals surface area contributed by atoms with Crippen LogP contribution in [0.4, 0.5) is 10.8 Å². The predicted molar refractivity (Wildman–Crippen MR) is 147 cm³/mol. The number of halogens is 2. The summed E-state index contributed by atoms with van der Waals surface area (Å²) < 4.78 is 11.9. The maximum Gasteiger partial charge on any atom is 0.335 e. The lowest BCUT2D eigenvalue weighted by atomic mass is 10.2. The van der Waals surface area contributed by atoms with E-state index in [2.05, 4.69) is 4.98 Å². The molecule has 3 aromatic carbocycles. The fourth-order valence-corrected chi connectivity index (χ4v) is 5.04. The fourth-order valence-electron chi connectivity index (χ4n) is 3.77. The van der Waals surface area contributed by atoms with Gasteiger partial charge in [0.25, 0.3) is 0 Å². The van der Waals surface area contributed by atoms with E-state index in [1.54, 1.807) is 42.5 Å². The number of aromatic nitrogens is 2. The van der Waals surface area contributed by atoms with E-state index in [1.807, 2.05) is 42.3 Å². The van der Waals surface area contributed by atoms with E-state index >= 15 is 0 Å². The molecule has 2 heterocycles. The average molecular weight is 554 g/mol. The van der Waals surface area contributed by atoms with Gasteiger partial charge in [0.2, 0.25) is 5.89 Å². The van der Waals surface area contributed by atoms with E-state index in [0.29, 0.717) is 45.1 Å². The summed E-state index contributed by atoms with van der Waals surface area (Å²) in [6.45, 7) is 4.42. The summed E-state index contributed by atoms with van der Waals surface area (Å²) in [7, 11) is 0. The molecule has 0 unspecified atom stereocenters. The van der Waals surface area contributed by atoms with Crippen molar-refractivity contribution in [3.63, 3.8) is 0 Å². The van der Waals surface area contributed by atoms with E-state index in [9.17, 15) is 9.90 Å². The first-order valence-electron chi connectivity index (χ1n) is 11.3. The van der Waals surface area contributed by atoms with Gasteiger partial charge in [0.05, 0.1) is 15.6 Å². The first-order chi connectivity index (χ1) is 17.8. The quantitative estimate of drug-likeness (QED) is 0.207. The number of anilines is 2. The second-order valence-electron chi connectivity index (χ2n) is 8.52. The number of carboxylic acid groups (broad SMARTS) is 1. The minimum Gasteiger partial charge on any atom is -0.489 e. The van der Waals surface area contributed by atoms with Crippen molar-refractivity contribution < 1.29 is 19.1 Å². The summed E-state index contributed by atoms with van der Waals surface area (Å²) in [5.41, 5.74) is 3.87. The molecule has 5 rings (SSSR count). The van der Waals surface area contributed by atoms with Gasteiger partial charge in [-0.3, -0.25) is 0 Å². The highest BCUT2D eigenvalue weighted by molar-refractivity contribution is 7.14. The monoisotopic (exact) mass is 553 g/mol. The van der Waals surface area contributed by atoms with Crippen LogP contribution in [0.25, 0.3) is 22.7 Å². The largest absolute Gasteiger partial charge is 0.489 e. The number of hydrogen-bond donors (Lipinski definition) is 1. The van der Waals surface area contributed by atoms with E-state index in [-0.39, 0.29) is 11.6 Å². The van der Waals surface area contributed by atoms with E-state index < -0.39 is 5.97 Å². The van der Waals surface area contributed by atoms with Gasteiger partial charge in [-0.05, 0) is 67.9 Å². The molecule has 0 aliphatic rings.